The molecule has 7 heteroatoms. The van der Waals surface area contributed by atoms with E-state index < -0.39 is 10.0 Å². The number of hydrogen-bond donors (Lipinski definition) is 1. The highest BCUT2D eigenvalue weighted by Gasteiger charge is 2.30. The van der Waals surface area contributed by atoms with Gasteiger partial charge in [-0.1, -0.05) is 12.1 Å². The fourth-order valence-electron chi connectivity index (χ4n) is 3.96. The van der Waals surface area contributed by atoms with Gasteiger partial charge in [-0.3, -0.25) is 9.69 Å². The van der Waals surface area contributed by atoms with Crippen LogP contribution in [-0.4, -0.2) is 62.9 Å². The van der Waals surface area contributed by atoms with Crippen LogP contribution in [0.25, 0.3) is 0 Å². The van der Waals surface area contributed by atoms with Crippen LogP contribution in [-0.2, 0) is 14.8 Å². The Kier molecular flexibility index (Phi) is 5.99. The monoisotopic (exact) mass is 379 g/mol. The van der Waals surface area contributed by atoms with Crippen molar-refractivity contribution in [3.8, 4) is 0 Å². The summed E-state index contributed by atoms with van der Waals surface area (Å²) in [5.41, 5.74) is 1.61. The second-order valence-electron chi connectivity index (χ2n) is 7.44. The topological polar surface area (TPSA) is 69.7 Å². The van der Waals surface area contributed by atoms with Crippen LogP contribution in [0.2, 0.25) is 0 Å². The first-order valence-electron chi connectivity index (χ1n) is 9.45. The van der Waals surface area contributed by atoms with Crippen molar-refractivity contribution in [2.75, 3.05) is 32.7 Å². The lowest BCUT2D eigenvalue weighted by Crippen LogP contribution is -2.40. The van der Waals surface area contributed by atoms with E-state index in [9.17, 15) is 13.2 Å². The third kappa shape index (κ3) is 4.45. The summed E-state index contributed by atoms with van der Waals surface area (Å²) in [6.45, 7) is 7.55. The van der Waals surface area contributed by atoms with E-state index in [0.717, 1.165) is 44.6 Å². The number of rotatable bonds is 5. The number of fused-ring (bicyclic) bond motifs is 1. The zero-order chi connectivity index (χ0) is 18.7. The highest BCUT2D eigenvalue weighted by molar-refractivity contribution is 7.89. The molecule has 1 aromatic carbocycles. The summed E-state index contributed by atoms with van der Waals surface area (Å²) in [5, 5.41) is 0. The van der Waals surface area contributed by atoms with Gasteiger partial charge in [-0.05, 0) is 56.8 Å². The summed E-state index contributed by atoms with van der Waals surface area (Å²) in [5.74, 6) is 0.0439. The fourth-order valence-corrected chi connectivity index (χ4v) is 5.32. The molecule has 0 bridgehead atoms. The Morgan fingerprint density at radius 1 is 1.19 bits per heavy atom. The maximum absolute atomic E-state index is 12.6. The standard InChI is InChI=1S/C19H29N3O3S/c1-15-6-7-16(2)18(13-15)26(24,25)20-9-8-19(23)22-12-4-11-21-10-3-5-17(21)14-22/h6-7,13,17,20H,3-5,8-12,14H2,1-2H3/t17-/m0/s1. The zero-order valence-corrected chi connectivity index (χ0v) is 16.5. The molecule has 0 saturated carbocycles. The number of amides is 1. The van der Waals surface area contributed by atoms with Gasteiger partial charge < -0.3 is 4.90 Å². The van der Waals surface area contributed by atoms with Crippen molar-refractivity contribution in [3.05, 3.63) is 29.3 Å². The normalized spacial score (nSPS) is 21.5. The van der Waals surface area contributed by atoms with Gasteiger partial charge in [0.25, 0.3) is 0 Å². The Bertz CT molecular complexity index is 763. The van der Waals surface area contributed by atoms with E-state index in [-0.39, 0.29) is 18.9 Å². The second kappa shape index (κ2) is 8.06. The van der Waals surface area contributed by atoms with Crippen LogP contribution in [0.5, 0.6) is 0 Å². The van der Waals surface area contributed by atoms with E-state index in [0.29, 0.717) is 16.5 Å². The van der Waals surface area contributed by atoms with Gasteiger partial charge >= 0.3 is 0 Å². The van der Waals surface area contributed by atoms with Gasteiger partial charge in [0.1, 0.15) is 0 Å². The van der Waals surface area contributed by atoms with Crippen LogP contribution in [0.3, 0.4) is 0 Å². The molecule has 144 valence electrons. The molecule has 3 rings (SSSR count). The lowest BCUT2D eigenvalue weighted by molar-refractivity contribution is -0.131. The van der Waals surface area contributed by atoms with Crippen molar-refractivity contribution < 1.29 is 13.2 Å². The molecule has 2 aliphatic rings. The van der Waals surface area contributed by atoms with Gasteiger partial charge in [0.15, 0.2) is 0 Å². The SMILES string of the molecule is Cc1ccc(C)c(S(=O)(=O)NCCC(=O)N2CCCN3CCC[C@H]3C2)c1. The van der Waals surface area contributed by atoms with Crippen molar-refractivity contribution >= 4 is 15.9 Å². The van der Waals surface area contributed by atoms with E-state index >= 15 is 0 Å². The third-order valence-corrected chi connectivity index (χ3v) is 7.02. The lowest BCUT2D eigenvalue weighted by atomic mass is 10.2. The van der Waals surface area contributed by atoms with Crippen LogP contribution in [0, 0.1) is 13.8 Å². The quantitative estimate of drug-likeness (QED) is 0.845. The molecule has 2 fully saturated rings. The first kappa shape index (κ1) is 19.3. The van der Waals surface area contributed by atoms with E-state index in [2.05, 4.69) is 9.62 Å². The van der Waals surface area contributed by atoms with Crippen LogP contribution < -0.4 is 4.72 Å². The molecule has 0 aromatic heterocycles. The first-order chi connectivity index (χ1) is 12.4. The van der Waals surface area contributed by atoms with Crippen molar-refractivity contribution in [3.63, 3.8) is 0 Å². The largest absolute Gasteiger partial charge is 0.341 e. The Balaban J connectivity index is 1.55. The summed E-state index contributed by atoms with van der Waals surface area (Å²) in [4.78, 5) is 17.2. The second-order valence-corrected chi connectivity index (χ2v) is 9.18. The molecule has 0 radical (unpaired) electrons. The summed E-state index contributed by atoms with van der Waals surface area (Å²) in [6, 6.07) is 5.85. The number of benzene rings is 1. The van der Waals surface area contributed by atoms with Crippen LogP contribution in [0.4, 0.5) is 0 Å². The van der Waals surface area contributed by atoms with Crippen molar-refractivity contribution in [2.45, 2.75) is 50.5 Å². The average molecular weight is 380 g/mol. The van der Waals surface area contributed by atoms with Gasteiger partial charge in [-0.2, -0.15) is 0 Å². The Labute approximate surface area is 156 Å². The summed E-state index contributed by atoms with van der Waals surface area (Å²) < 4.78 is 27.6. The summed E-state index contributed by atoms with van der Waals surface area (Å²) >= 11 is 0. The Morgan fingerprint density at radius 3 is 2.77 bits per heavy atom. The van der Waals surface area contributed by atoms with Crippen molar-refractivity contribution in [1.29, 1.82) is 0 Å². The Morgan fingerprint density at radius 2 is 1.96 bits per heavy atom. The third-order valence-electron chi connectivity index (χ3n) is 5.42. The molecule has 2 saturated heterocycles. The lowest BCUT2D eigenvalue weighted by Gasteiger charge is -2.25. The molecule has 1 aromatic rings. The first-order valence-corrected chi connectivity index (χ1v) is 10.9. The zero-order valence-electron chi connectivity index (χ0n) is 15.7. The van der Waals surface area contributed by atoms with Crippen molar-refractivity contribution in [1.82, 2.24) is 14.5 Å². The molecule has 0 aliphatic carbocycles. The average Bonchev–Trinajstić information content (AvgIpc) is 2.93. The molecule has 2 heterocycles. The predicted octanol–water partition coefficient (Wildman–Crippen LogP) is 1.67. The van der Waals surface area contributed by atoms with Gasteiger partial charge in [0.2, 0.25) is 15.9 Å². The Hall–Kier alpha value is -1.44. The van der Waals surface area contributed by atoms with Crippen molar-refractivity contribution in [2.24, 2.45) is 0 Å². The molecule has 6 nitrogen and oxygen atoms in total. The number of hydrogen-bond acceptors (Lipinski definition) is 4. The molecular weight excluding hydrogens is 350 g/mol. The molecule has 0 spiro atoms. The highest BCUT2D eigenvalue weighted by Crippen LogP contribution is 2.21. The summed E-state index contributed by atoms with van der Waals surface area (Å²) in [7, 11) is -3.59. The fraction of sp³-hybridized carbons (Fsp3) is 0.632. The minimum Gasteiger partial charge on any atom is -0.341 e. The number of carbonyl (C=O) groups is 1. The minimum atomic E-state index is -3.59. The molecule has 26 heavy (non-hydrogen) atoms. The minimum absolute atomic E-state index is 0.0439. The number of sulfonamides is 1. The highest BCUT2D eigenvalue weighted by atomic mass is 32.2. The van der Waals surface area contributed by atoms with Gasteiger partial charge in [0.05, 0.1) is 4.90 Å². The summed E-state index contributed by atoms with van der Waals surface area (Å²) in [6.07, 6.45) is 3.57. The maximum Gasteiger partial charge on any atom is 0.240 e. The number of carbonyl (C=O) groups excluding carboxylic acids is 1. The van der Waals surface area contributed by atoms with E-state index in [4.69, 9.17) is 0 Å². The van der Waals surface area contributed by atoms with Crippen LogP contribution >= 0.6 is 0 Å². The molecular formula is C19H29N3O3S. The molecule has 1 amide bonds. The van der Waals surface area contributed by atoms with Gasteiger partial charge in [-0.25, -0.2) is 13.1 Å². The van der Waals surface area contributed by atoms with Gasteiger partial charge in [0, 0.05) is 38.6 Å². The molecule has 0 unspecified atom stereocenters. The molecule has 1 atom stereocenters. The molecule has 1 N–H and O–H groups in total. The predicted molar refractivity (Wildman–Crippen MR) is 102 cm³/mol. The van der Waals surface area contributed by atoms with Crippen LogP contribution in [0.1, 0.15) is 36.8 Å². The van der Waals surface area contributed by atoms with E-state index in [1.165, 1.54) is 6.42 Å². The number of nitrogens with one attached hydrogen (secondary N) is 1. The van der Waals surface area contributed by atoms with E-state index in [1.54, 1.807) is 19.1 Å². The number of nitrogens with zero attached hydrogens (tertiary/aromatic N) is 2. The maximum atomic E-state index is 12.6. The van der Waals surface area contributed by atoms with Gasteiger partial charge in [-0.15, -0.1) is 0 Å². The molecule has 2 aliphatic heterocycles. The smallest absolute Gasteiger partial charge is 0.240 e. The number of aryl methyl sites for hydroxylation is 2. The van der Waals surface area contributed by atoms with Crippen LogP contribution in [0.15, 0.2) is 23.1 Å². The van der Waals surface area contributed by atoms with E-state index in [1.807, 2.05) is 17.9 Å².